The van der Waals surface area contributed by atoms with Gasteiger partial charge < -0.3 is 9.64 Å². The number of ether oxygens (including phenoxy) is 1. The van der Waals surface area contributed by atoms with E-state index in [1.807, 2.05) is 12.1 Å². The minimum atomic E-state index is 0.565. The van der Waals surface area contributed by atoms with Crippen molar-refractivity contribution in [1.29, 1.82) is 0 Å². The highest BCUT2D eigenvalue weighted by atomic mass is 35.5. The molecule has 1 aromatic carbocycles. The number of benzene rings is 1. The van der Waals surface area contributed by atoms with Crippen molar-refractivity contribution in [3.8, 4) is 17.0 Å². The van der Waals surface area contributed by atoms with Gasteiger partial charge in [0.05, 0.1) is 12.3 Å². The Morgan fingerprint density at radius 1 is 0.923 bits per heavy atom. The maximum Gasteiger partial charge on any atom is 0.155 e. The van der Waals surface area contributed by atoms with Crippen LogP contribution >= 0.6 is 11.6 Å². The smallest absolute Gasteiger partial charge is 0.155 e. The molecule has 4 rings (SSSR count). The zero-order valence-electron chi connectivity index (χ0n) is 15.2. The van der Waals surface area contributed by atoms with E-state index in [0.717, 1.165) is 55.8 Å². The van der Waals surface area contributed by atoms with Gasteiger partial charge in [-0.2, -0.15) is 0 Å². The molecule has 138 valence electrons. The monoisotopic (exact) mass is 371 g/mol. The number of nitrogens with zero attached hydrogens (tertiary/aromatic N) is 3. The topological polar surface area (TPSA) is 38.3 Å². The van der Waals surface area contributed by atoms with Gasteiger partial charge in [0, 0.05) is 12.1 Å². The number of hydrogen-bond acceptors (Lipinski definition) is 4. The molecule has 1 aromatic heterocycles. The van der Waals surface area contributed by atoms with E-state index in [4.69, 9.17) is 16.3 Å². The zero-order valence-corrected chi connectivity index (χ0v) is 16.0. The first-order chi connectivity index (χ1) is 12.8. The van der Waals surface area contributed by atoms with E-state index in [0.29, 0.717) is 5.15 Å². The largest absolute Gasteiger partial charge is 0.494 e. The molecule has 2 heterocycles. The van der Waals surface area contributed by atoms with Gasteiger partial charge in [0.25, 0.3) is 0 Å². The van der Waals surface area contributed by atoms with Gasteiger partial charge >= 0.3 is 0 Å². The Morgan fingerprint density at radius 3 is 2.50 bits per heavy atom. The lowest BCUT2D eigenvalue weighted by atomic mass is 10.0. The van der Waals surface area contributed by atoms with Crippen LogP contribution in [0.3, 0.4) is 0 Å². The molecule has 1 saturated heterocycles. The molecule has 0 N–H and O–H groups in total. The first kappa shape index (κ1) is 17.7. The summed E-state index contributed by atoms with van der Waals surface area (Å²) in [4.78, 5) is 2.55. The number of halogens is 1. The van der Waals surface area contributed by atoms with Crippen LogP contribution in [0.25, 0.3) is 11.3 Å². The number of hydrogen-bond donors (Lipinski definition) is 0. The molecule has 0 amide bonds. The second-order valence-electron chi connectivity index (χ2n) is 7.28. The second-order valence-corrected chi connectivity index (χ2v) is 7.64. The lowest BCUT2D eigenvalue weighted by molar-refractivity contribution is 0.205. The maximum atomic E-state index is 6.18. The van der Waals surface area contributed by atoms with E-state index >= 15 is 0 Å². The standard InChI is InChI=1S/C21H26ClN3O/c22-21-19-7-4-6-18(19)20(23-24-21)16-8-10-17(11-9-16)26-15-5-14-25-12-2-1-3-13-25/h8-11H,1-7,12-15H2. The quantitative estimate of drug-likeness (QED) is 0.699. The summed E-state index contributed by atoms with van der Waals surface area (Å²) < 4.78 is 5.92. The molecule has 0 bridgehead atoms. The fraction of sp³-hybridized carbons (Fsp3) is 0.524. The van der Waals surface area contributed by atoms with E-state index in [-0.39, 0.29) is 0 Å². The molecule has 0 saturated carbocycles. The predicted octanol–water partition coefficient (Wildman–Crippen LogP) is 4.54. The summed E-state index contributed by atoms with van der Waals surface area (Å²) in [5.41, 5.74) is 4.50. The predicted molar refractivity (Wildman–Crippen MR) is 105 cm³/mol. The molecule has 26 heavy (non-hydrogen) atoms. The summed E-state index contributed by atoms with van der Waals surface area (Å²) in [6, 6.07) is 8.23. The van der Waals surface area contributed by atoms with Crippen molar-refractivity contribution in [2.24, 2.45) is 0 Å². The summed E-state index contributed by atoms with van der Waals surface area (Å²) in [5, 5.41) is 9.05. The molecule has 0 spiro atoms. The highest BCUT2D eigenvalue weighted by molar-refractivity contribution is 6.30. The first-order valence-electron chi connectivity index (χ1n) is 9.81. The Balaban J connectivity index is 1.33. The highest BCUT2D eigenvalue weighted by Gasteiger charge is 2.21. The maximum absolute atomic E-state index is 6.18. The highest BCUT2D eigenvalue weighted by Crippen LogP contribution is 2.34. The average Bonchev–Trinajstić information content (AvgIpc) is 3.18. The van der Waals surface area contributed by atoms with E-state index < -0.39 is 0 Å². The van der Waals surface area contributed by atoms with Crippen LogP contribution in [0.1, 0.15) is 43.2 Å². The molecule has 2 aromatic rings. The first-order valence-corrected chi connectivity index (χ1v) is 10.2. The molecule has 0 atom stereocenters. The van der Waals surface area contributed by atoms with Crippen LogP contribution in [0, 0.1) is 0 Å². The summed E-state index contributed by atoms with van der Waals surface area (Å²) in [7, 11) is 0. The van der Waals surface area contributed by atoms with E-state index in [2.05, 4.69) is 27.2 Å². The Labute approximate surface area is 160 Å². The SMILES string of the molecule is Clc1nnc(-c2ccc(OCCCN3CCCCC3)cc2)c2c1CCC2. The van der Waals surface area contributed by atoms with Gasteiger partial charge in [0.1, 0.15) is 5.75 Å². The van der Waals surface area contributed by atoms with Crippen molar-refractivity contribution in [3.05, 3.63) is 40.5 Å². The lowest BCUT2D eigenvalue weighted by Gasteiger charge is -2.26. The van der Waals surface area contributed by atoms with Crippen molar-refractivity contribution in [1.82, 2.24) is 15.1 Å². The molecule has 2 aliphatic rings. The number of fused-ring (bicyclic) bond motifs is 1. The van der Waals surface area contributed by atoms with Crippen LogP contribution in [0.2, 0.25) is 5.15 Å². The van der Waals surface area contributed by atoms with Crippen molar-refractivity contribution in [2.45, 2.75) is 44.9 Å². The number of likely N-dealkylation sites (tertiary alicyclic amines) is 1. The summed E-state index contributed by atoms with van der Waals surface area (Å²) in [5.74, 6) is 0.922. The van der Waals surface area contributed by atoms with Crippen LogP contribution in [0.15, 0.2) is 24.3 Å². The minimum Gasteiger partial charge on any atom is -0.494 e. The van der Waals surface area contributed by atoms with Gasteiger partial charge in [-0.15, -0.1) is 10.2 Å². The fourth-order valence-corrected chi connectivity index (χ4v) is 4.30. The molecular formula is C21H26ClN3O. The molecule has 4 nitrogen and oxygen atoms in total. The molecule has 0 unspecified atom stereocenters. The van der Waals surface area contributed by atoms with E-state index in [1.54, 1.807) is 0 Å². The second kappa shape index (κ2) is 8.36. The molecule has 1 aliphatic heterocycles. The Kier molecular flexibility index (Phi) is 5.71. The molecular weight excluding hydrogens is 346 g/mol. The van der Waals surface area contributed by atoms with Crippen LogP contribution in [-0.4, -0.2) is 41.3 Å². The Bertz CT molecular complexity index is 742. The van der Waals surface area contributed by atoms with Crippen molar-refractivity contribution in [3.63, 3.8) is 0 Å². The third-order valence-electron chi connectivity index (χ3n) is 5.45. The van der Waals surface area contributed by atoms with Crippen LogP contribution in [-0.2, 0) is 12.8 Å². The van der Waals surface area contributed by atoms with Crippen LogP contribution in [0.4, 0.5) is 0 Å². The van der Waals surface area contributed by atoms with Gasteiger partial charge in [-0.25, -0.2) is 0 Å². The summed E-state index contributed by atoms with van der Waals surface area (Å²) in [6.45, 7) is 4.42. The van der Waals surface area contributed by atoms with Crippen molar-refractivity contribution >= 4 is 11.6 Å². The van der Waals surface area contributed by atoms with Crippen molar-refractivity contribution < 1.29 is 4.74 Å². The third kappa shape index (κ3) is 4.02. The van der Waals surface area contributed by atoms with Gasteiger partial charge in [-0.1, -0.05) is 18.0 Å². The van der Waals surface area contributed by atoms with Crippen LogP contribution < -0.4 is 4.74 Å². The summed E-state index contributed by atoms with van der Waals surface area (Å²) in [6.07, 6.45) is 8.34. The van der Waals surface area contributed by atoms with Gasteiger partial charge in [-0.05, 0) is 87.0 Å². The van der Waals surface area contributed by atoms with Crippen LogP contribution in [0.5, 0.6) is 5.75 Å². The van der Waals surface area contributed by atoms with E-state index in [1.165, 1.54) is 43.5 Å². The molecule has 0 radical (unpaired) electrons. The Hall–Kier alpha value is -1.65. The molecule has 5 heteroatoms. The van der Waals surface area contributed by atoms with E-state index in [9.17, 15) is 0 Å². The summed E-state index contributed by atoms with van der Waals surface area (Å²) >= 11 is 6.18. The van der Waals surface area contributed by atoms with Gasteiger partial charge in [-0.3, -0.25) is 0 Å². The molecule has 1 aliphatic carbocycles. The normalized spacial score (nSPS) is 17.3. The number of rotatable bonds is 6. The minimum absolute atomic E-state index is 0.565. The van der Waals surface area contributed by atoms with Gasteiger partial charge in [0.2, 0.25) is 0 Å². The third-order valence-corrected chi connectivity index (χ3v) is 5.76. The Morgan fingerprint density at radius 2 is 1.69 bits per heavy atom. The number of aromatic nitrogens is 2. The number of piperidine rings is 1. The lowest BCUT2D eigenvalue weighted by Crippen LogP contribution is -2.31. The average molecular weight is 372 g/mol. The fourth-order valence-electron chi connectivity index (χ4n) is 4.05. The van der Waals surface area contributed by atoms with Crippen molar-refractivity contribution in [2.75, 3.05) is 26.2 Å². The zero-order chi connectivity index (χ0) is 17.8. The van der Waals surface area contributed by atoms with Gasteiger partial charge in [0.15, 0.2) is 5.15 Å². The molecule has 1 fully saturated rings.